The predicted molar refractivity (Wildman–Crippen MR) is 78.5 cm³/mol. The van der Waals surface area contributed by atoms with Gasteiger partial charge in [-0.25, -0.2) is 0 Å². The summed E-state index contributed by atoms with van der Waals surface area (Å²) in [5.74, 6) is 0.000373. The molecule has 1 aromatic rings. The number of ether oxygens (including phenoxy) is 1. The van der Waals surface area contributed by atoms with Gasteiger partial charge in [-0.3, -0.25) is 4.79 Å². The number of likely N-dealkylation sites (N-methyl/N-ethyl adjacent to an activating group) is 1. The van der Waals surface area contributed by atoms with E-state index in [0.29, 0.717) is 13.2 Å². The van der Waals surface area contributed by atoms with Crippen molar-refractivity contribution in [1.82, 2.24) is 15.5 Å². The van der Waals surface area contributed by atoms with E-state index < -0.39 is 0 Å². The van der Waals surface area contributed by atoms with Crippen molar-refractivity contribution in [1.29, 1.82) is 0 Å². The third kappa shape index (κ3) is 4.30. The van der Waals surface area contributed by atoms with Gasteiger partial charge in [0.25, 0.3) is 0 Å². The second-order valence-corrected chi connectivity index (χ2v) is 5.32. The lowest BCUT2D eigenvalue weighted by atomic mass is 10.1. The Kier molecular flexibility index (Phi) is 5.52. The summed E-state index contributed by atoms with van der Waals surface area (Å²) in [5.41, 5.74) is 1.12. The van der Waals surface area contributed by atoms with Crippen LogP contribution in [0.25, 0.3) is 0 Å². The summed E-state index contributed by atoms with van der Waals surface area (Å²) in [4.78, 5) is 14.4. The van der Waals surface area contributed by atoms with Crippen LogP contribution in [0.3, 0.4) is 0 Å². The molecule has 110 valence electrons. The minimum atomic E-state index is -0.253. The Balaban J connectivity index is 2.01. The summed E-state index contributed by atoms with van der Waals surface area (Å²) >= 11 is 0. The summed E-state index contributed by atoms with van der Waals surface area (Å²) in [6.07, 6.45) is 0. The minimum absolute atomic E-state index is 0.000373. The van der Waals surface area contributed by atoms with Gasteiger partial charge in [-0.1, -0.05) is 30.3 Å². The molecule has 20 heavy (non-hydrogen) atoms. The molecule has 1 heterocycles. The third-order valence-corrected chi connectivity index (χ3v) is 3.30. The van der Waals surface area contributed by atoms with Crippen LogP contribution in [0, 0.1) is 0 Å². The minimum Gasteiger partial charge on any atom is -0.378 e. The zero-order chi connectivity index (χ0) is 14.4. The summed E-state index contributed by atoms with van der Waals surface area (Å²) < 4.78 is 5.34. The van der Waals surface area contributed by atoms with Crippen LogP contribution in [0.1, 0.15) is 11.6 Å². The number of nitrogens with one attached hydrogen (secondary N) is 2. The largest absolute Gasteiger partial charge is 0.378 e. The molecule has 5 nitrogen and oxygen atoms in total. The maximum atomic E-state index is 12.3. The van der Waals surface area contributed by atoms with E-state index in [1.54, 1.807) is 0 Å². The molecule has 1 aromatic carbocycles. The van der Waals surface area contributed by atoms with Crippen LogP contribution < -0.4 is 10.6 Å². The van der Waals surface area contributed by atoms with E-state index in [1.807, 2.05) is 44.4 Å². The van der Waals surface area contributed by atoms with Gasteiger partial charge in [0.15, 0.2) is 0 Å². The van der Waals surface area contributed by atoms with E-state index in [0.717, 1.165) is 18.7 Å². The van der Waals surface area contributed by atoms with Crippen LogP contribution in [0.15, 0.2) is 30.3 Å². The molecule has 0 aliphatic carbocycles. The number of nitrogens with zero attached hydrogens (tertiary/aromatic N) is 1. The standard InChI is InChI=1S/C15H23N3O2/c1-18(2)10-13(12-6-4-3-5-7-12)17-15(19)14-11-20-9-8-16-14/h3-7,13-14,16H,8-11H2,1-2H3,(H,17,19). The average Bonchev–Trinajstić information content (AvgIpc) is 2.48. The Morgan fingerprint density at radius 1 is 1.45 bits per heavy atom. The monoisotopic (exact) mass is 277 g/mol. The molecule has 1 aliphatic rings. The van der Waals surface area contributed by atoms with E-state index >= 15 is 0 Å². The quantitative estimate of drug-likeness (QED) is 0.818. The number of benzene rings is 1. The van der Waals surface area contributed by atoms with Crippen LogP contribution in [0.4, 0.5) is 0 Å². The lowest BCUT2D eigenvalue weighted by molar-refractivity contribution is -0.126. The summed E-state index contributed by atoms with van der Waals surface area (Å²) in [6.45, 7) is 2.60. The zero-order valence-electron chi connectivity index (χ0n) is 12.1. The SMILES string of the molecule is CN(C)CC(NC(=O)C1COCCN1)c1ccccc1. The number of carbonyl (C=O) groups excluding carboxylic acids is 1. The first-order valence-corrected chi connectivity index (χ1v) is 6.98. The number of hydrogen-bond donors (Lipinski definition) is 2. The molecule has 0 spiro atoms. The lowest BCUT2D eigenvalue weighted by Crippen LogP contribution is -2.52. The molecule has 0 saturated carbocycles. The Hall–Kier alpha value is -1.43. The molecule has 0 aromatic heterocycles. The molecule has 2 rings (SSSR count). The van der Waals surface area contributed by atoms with E-state index in [2.05, 4.69) is 15.5 Å². The topological polar surface area (TPSA) is 53.6 Å². The van der Waals surface area contributed by atoms with Gasteiger partial charge in [0.2, 0.25) is 5.91 Å². The Bertz CT molecular complexity index is 416. The van der Waals surface area contributed by atoms with Crippen molar-refractivity contribution in [2.75, 3.05) is 40.4 Å². The maximum absolute atomic E-state index is 12.3. The van der Waals surface area contributed by atoms with E-state index in [9.17, 15) is 4.79 Å². The second kappa shape index (κ2) is 7.38. The highest BCUT2D eigenvalue weighted by atomic mass is 16.5. The highest BCUT2D eigenvalue weighted by molar-refractivity contribution is 5.82. The fraction of sp³-hybridized carbons (Fsp3) is 0.533. The van der Waals surface area contributed by atoms with Gasteiger partial charge < -0.3 is 20.3 Å². The first kappa shape index (κ1) is 15.0. The number of rotatable bonds is 5. The van der Waals surface area contributed by atoms with Crippen molar-refractivity contribution in [2.24, 2.45) is 0 Å². The van der Waals surface area contributed by atoms with Crippen LogP contribution in [-0.2, 0) is 9.53 Å². The second-order valence-electron chi connectivity index (χ2n) is 5.32. The molecule has 1 fully saturated rings. The van der Waals surface area contributed by atoms with E-state index in [1.165, 1.54) is 0 Å². The number of hydrogen-bond acceptors (Lipinski definition) is 4. The Morgan fingerprint density at radius 3 is 2.80 bits per heavy atom. The predicted octanol–water partition coefficient (Wildman–Crippen LogP) is 0.394. The summed E-state index contributed by atoms with van der Waals surface area (Å²) in [7, 11) is 4.01. The van der Waals surface area contributed by atoms with Gasteiger partial charge in [0, 0.05) is 13.1 Å². The Morgan fingerprint density at radius 2 is 2.20 bits per heavy atom. The van der Waals surface area contributed by atoms with Crippen LogP contribution in [0.5, 0.6) is 0 Å². The molecule has 2 N–H and O–H groups in total. The summed E-state index contributed by atoms with van der Waals surface area (Å²) in [5, 5.41) is 6.29. The zero-order valence-corrected chi connectivity index (χ0v) is 12.1. The van der Waals surface area contributed by atoms with Crippen LogP contribution in [0.2, 0.25) is 0 Å². The first-order chi connectivity index (χ1) is 9.66. The highest BCUT2D eigenvalue weighted by Crippen LogP contribution is 2.13. The van der Waals surface area contributed by atoms with Gasteiger partial charge in [-0.05, 0) is 19.7 Å². The molecule has 1 aliphatic heterocycles. The van der Waals surface area contributed by atoms with Gasteiger partial charge in [0.1, 0.15) is 6.04 Å². The molecular formula is C15H23N3O2. The molecule has 1 saturated heterocycles. The van der Waals surface area contributed by atoms with E-state index in [4.69, 9.17) is 4.74 Å². The fourth-order valence-corrected chi connectivity index (χ4v) is 2.29. The Labute approximate surface area is 120 Å². The van der Waals surface area contributed by atoms with Crippen molar-refractivity contribution in [2.45, 2.75) is 12.1 Å². The highest BCUT2D eigenvalue weighted by Gasteiger charge is 2.24. The summed E-state index contributed by atoms with van der Waals surface area (Å²) in [6, 6.07) is 9.78. The van der Waals surface area contributed by atoms with E-state index in [-0.39, 0.29) is 18.0 Å². The van der Waals surface area contributed by atoms with Crippen molar-refractivity contribution in [3.05, 3.63) is 35.9 Å². The molecule has 2 unspecified atom stereocenters. The third-order valence-electron chi connectivity index (χ3n) is 3.30. The van der Waals surface area contributed by atoms with Crippen molar-refractivity contribution >= 4 is 5.91 Å². The van der Waals surface area contributed by atoms with Gasteiger partial charge in [-0.15, -0.1) is 0 Å². The molecule has 1 amide bonds. The molecule has 2 atom stereocenters. The fourth-order valence-electron chi connectivity index (χ4n) is 2.29. The van der Waals surface area contributed by atoms with Crippen molar-refractivity contribution in [3.63, 3.8) is 0 Å². The molecule has 0 bridgehead atoms. The van der Waals surface area contributed by atoms with Crippen molar-refractivity contribution < 1.29 is 9.53 Å². The smallest absolute Gasteiger partial charge is 0.240 e. The number of morpholine rings is 1. The van der Waals surface area contributed by atoms with Crippen LogP contribution >= 0.6 is 0 Å². The maximum Gasteiger partial charge on any atom is 0.240 e. The van der Waals surface area contributed by atoms with Crippen LogP contribution in [-0.4, -0.2) is 57.2 Å². The first-order valence-electron chi connectivity index (χ1n) is 6.98. The number of carbonyl (C=O) groups is 1. The van der Waals surface area contributed by atoms with Gasteiger partial charge in [-0.2, -0.15) is 0 Å². The average molecular weight is 277 g/mol. The van der Waals surface area contributed by atoms with Gasteiger partial charge >= 0.3 is 0 Å². The molecule has 0 radical (unpaired) electrons. The van der Waals surface area contributed by atoms with Crippen molar-refractivity contribution in [3.8, 4) is 0 Å². The van der Waals surface area contributed by atoms with Gasteiger partial charge in [0.05, 0.1) is 19.3 Å². The molecular weight excluding hydrogens is 254 g/mol. The normalized spacial score (nSPS) is 20.6. The number of amides is 1. The lowest BCUT2D eigenvalue weighted by Gasteiger charge is -2.27. The molecule has 5 heteroatoms.